The molecule has 0 radical (unpaired) electrons. The second-order valence-electron chi connectivity index (χ2n) is 5.24. The van der Waals surface area contributed by atoms with Gasteiger partial charge in [0.1, 0.15) is 0 Å². The summed E-state index contributed by atoms with van der Waals surface area (Å²) in [7, 11) is 2.05. The van der Waals surface area contributed by atoms with Gasteiger partial charge in [-0.05, 0) is 24.3 Å². The van der Waals surface area contributed by atoms with Crippen molar-refractivity contribution in [3.05, 3.63) is 23.9 Å². The molecule has 0 bridgehead atoms. The first-order chi connectivity index (χ1) is 9.31. The van der Waals surface area contributed by atoms with E-state index in [0.717, 1.165) is 49.6 Å². The van der Waals surface area contributed by atoms with Gasteiger partial charge in [-0.15, -0.1) is 0 Å². The SMILES string of the molecule is CN1CCN=C1NCc1ccc(OCC2CC2)nc1. The van der Waals surface area contributed by atoms with Crippen LogP contribution in [0.2, 0.25) is 0 Å². The number of pyridine rings is 1. The van der Waals surface area contributed by atoms with Gasteiger partial charge >= 0.3 is 0 Å². The Bertz CT molecular complexity index is 453. The van der Waals surface area contributed by atoms with E-state index in [1.807, 2.05) is 19.3 Å². The van der Waals surface area contributed by atoms with Crippen LogP contribution >= 0.6 is 0 Å². The molecule has 0 spiro atoms. The molecule has 0 saturated heterocycles. The molecule has 2 heterocycles. The maximum atomic E-state index is 5.62. The van der Waals surface area contributed by atoms with Gasteiger partial charge in [-0.2, -0.15) is 0 Å². The number of rotatable bonds is 5. The Hall–Kier alpha value is -1.78. The van der Waals surface area contributed by atoms with Gasteiger partial charge in [-0.3, -0.25) is 4.99 Å². The van der Waals surface area contributed by atoms with Crippen molar-refractivity contribution < 1.29 is 4.74 Å². The quantitative estimate of drug-likeness (QED) is 0.866. The van der Waals surface area contributed by atoms with E-state index >= 15 is 0 Å². The van der Waals surface area contributed by atoms with Crippen LogP contribution in [0.15, 0.2) is 23.3 Å². The molecule has 1 fully saturated rings. The van der Waals surface area contributed by atoms with Crippen molar-refractivity contribution >= 4 is 5.96 Å². The van der Waals surface area contributed by atoms with Crippen LogP contribution in [0.5, 0.6) is 5.88 Å². The molecule has 2 aliphatic rings. The van der Waals surface area contributed by atoms with E-state index in [2.05, 4.69) is 26.3 Å². The summed E-state index contributed by atoms with van der Waals surface area (Å²) in [5.41, 5.74) is 1.14. The molecule has 0 atom stereocenters. The number of hydrogen-bond acceptors (Lipinski definition) is 5. The number of aromatic nitrogens is 1. The molecule has 5 nitrogen and oxygen atoms in total. The van der Waals surface area contributed by atoms with Crippen molar-refractivity contribution in [2.24, 2.45) is 10.9 Å². The average molecular weight is 260 g/mol. The maximum absolute atomic E-state index is 5.62. The first-order valence-corrected chi connectivity index (χ1v) is 6.88. The summed E-state index contributed by atoms with van der Waals surface area (Å²) in [5.74, 6) is 2.46. The smallest absolute Gasteiger partial charge is 0.213 e. The Kier molecular flexibility index (Phi) is 3.53. The van der Waals surface area contributed by atoms with Gasteiger partial charge in [-0.1, -0.05) is 6.07 Å². The zero-order chi connectivity index (χ0) is 13.1. The van der Waals surface area contributed by atoms with E-state index in [4.69, 9.17) is 4.74 Å². The van der Waals surface area contributed by atoms with E-state index in [1.165, 1.54) is 12.8 Å². The number of nitrogens with one attached hydrogen (secondary N) is 1. The van der Waals surface area contributed by atoms with Crippen LogP contribution in [0.4, 0.5) is 0 Å². The third kappa shape index (κ3) is 3.36. The second-order valence-corrected chi connectivity index (χ2v) is 5.24. The molecule has 1 N–H and O–H groups in total. The lowest BCUT2D eigenvalue weighted by atomic mass is 10.3. The zero-order valence-electron chi connectivity index (χ0n) is 11.3. The highest BCUT2D eigenvalue weighted by atomic mass is 16.5. The third-order valence-electron chi connectivity index (χ3n) is 3.47. The fourth-order valence-electron chi connectivity index (χ4n) is 1.99. The predicted molar refractivity (Wildman–Crippen MR) is 74.2 cm³/mol. The summed E-state index contributed by atoms with van der Waals surface area (Å²) in [4.78, 5) is 10.8. The predicted octanol–water partition coefficient (Wildman–Crippen LogP) is 1.26. The van der Waals surface area contributed by atoms with Gasteiger partial charge in [-0.25, -0.2) is 4.98 Å². The number of nitrogens with zero attached hydrogens (tertiary/aromatic N) is 3. The molecule has 0 amide bonds. The minimum Gasteiger partial charge on any atom is -0.477 e. The Morgan fingerprint density at radius 1 is 1.42 bits per heavy atom. The summed E-state index contributed by atoms with van der Waals surface area (Å²) in [5, 5.41) is 3.32. The third-order valence-corrected chi connectivity index (χ3v) is 3.47. The van der Waals surface area contributed by atoms with Crippen LogP contribution in [-0.2, 0) is 6.54 Å². The minimum absolute atomic E-state index is 0.728. The van der Waals surface area contributed by atoms with Crippen LogP contribution in [0.3, 0.4) is 0 Å². The van der Waals surface area contributed by atoms with Crippen molar-refractivity contribution in [2.75, 3.05) is 26.7 Å². The summed E-state index contributed by atoms with van der Waals surface area (Å²) in [6, 6.07) is 4.00. The van der Waals surface area contributed by atoms with E-state index in [1.54, 1.807) is 0 Å². The Morgan fingerprint density at radius 3 is 2.95 bits per heavy atom. The lowest BCUT2D eigenvalue weighted by Gasteiger charge is -2.15. The number of guanidine groups is 1. The largest absolute Gasteiger partial charge is 0.477 e. The van der Waals surface area contributed by atoms with E-state index < -0.39 is 0 Å². The first-order valence-electron chi connectivity index (χ1n) is 6.88. The number of likely N-dealkylation sites (N-methyl/N-ethyl adjacent to an activating group) is 1. The lowest BCUT2D eigenvalue weighted by molar-refractivity contribution is 0.288. The minimum atomic E-state index is 0.728. The van der Waals surface area contributed by atoms with Crippen LogP contribution in [-0.4, -0.2) is 42.6 Å². The van der Waals surface area contributed by atoms with Gasteiger partial charge in [0.25, 0.3) is 0 Å². The molecular weight excluding hydrogens is 240 g/mol. The summed E-state index contributed by atoms with van der Waals surface area (Å²) < 4.78 is 5.62. The monoisotopic (exact) mass is 260 g/mol. The first kappa shape index (κ1) is 12.3. The topological polar surface area (TPSA) is 49.8 Å². The standard InChI is InChI=1S/C14H20N4O/c1-18-7-6-15-14(18)17-9-12-4-5-13(16-8-12)19-10-11-2-3-11/h4-5,8,11H,2-3,6-7,9-10H2,1H3,(H,15,17). The summed E-state index contributed by atoms with van der Waals surface area (Å²) in [6.07, 6.45) is 4.47. The summed E-state index contributed by atoms with van der Waals surface area (Å²) >= 11 is 0. The van der Waals surface area contributed by atoms with E-state index in [9.17, 15) is 0 Å². The molecular formula is C14H20N4O. The van der Waals surface area contributed by atoms with Crippen LogP contribution in [0, 0.1) is 5.92 Å². The molecule has 3 rings (SSSR count). The van der Waals surface area contributed by atoms with Gasteiger partial charge in [0.15, 0.2) is 5.96 Å². The van der Waals surface area contributed by atoms with Crippen molar-refractivity contribution in [1.82, 2.24) is 15.2 Å². The number of hydrogen-bond donors (Lipinski definition) is 1. The lowest BCUT2D eigenvalue weighted by Crippen LogP contribution is -2.35. The highest BCUT2D eigenvalue weighted by Gasteiger charge is 2.22. The zero-order valence-corrected chi connectivity index (χ0v) is 11.3. The maximum Gasteiger partial charge on any atom is 0.213 e. The number of aliphatic imine (C=N–C) groups is 1. The fourth-order valence-corrected chi connectivity index (χ4v) is 1.99. The van der Waals surface area contributed by atoms with E-state index in [0.29, 0.717) is 0 Å². The second kappa shape index (κ2) is 5.47. The van der Waals surface area contributed by atoms with Crippen molar-refractivity contribution in [1.29, 1.82) is 0 Å². The molecule has 5 heteroatoms. The van der Waals surface area contributed by atoms with Gasteiger partial charge < -0.3 is 15.0 Å². The molecule has 1 aliphatic carbocycles. The van der Waals surface area contributed by atoms with Crippen molar-refractivity contribution in [3.63, 3.8) is 0 Å². The molecule has 0 aromatic carbocycles. The molecule has 1 saturated carbocycles. The van der Waals surface area contributed by atoms with Crippen molar-refractivity contribution in [2.45, 2.75) is 19.4 Å². The Labute approximate surface area is 113 Å². The fraction of sp³-hybridized carbons (Fsp3) is 0.571. The Balaban J connectivity index is 1.47. The van der Waals surface area contributed by atoms with E-state index in [-0.39, 0.29) is 0 Å². The van der Waals surface area contributed by atoms with Crippen molar-refractivity contribution in [3.8, 4) is 5.88 Å². The van der Waals surface area contributed by atoms with Gasteiger partial charge in [0.05, 0.1) is 13.2 Å². The molecule has 0 unspecified atom stereocenters. The highest BCUT2D eigenvalue weighted by Crippen LogP contribution is 2.29. The average Bonchev–Trinajstić information content (AvgIpc) is 3.18. The molecule has 1 aromatic rings. The molecule has 102 valence electrons. The normalized spacial score (nSPS) is 18.4. The highest BCUT2D eigenvalue weighted by molar-refractivity contribution is 5.81. The van der Waals surface area contributed by atoms with Crippen LogP contribution in [0.1, 0.15) is 18.4 Å². The van der Waals surface area contributed by atoms with Crippen LogP contribution < -0.4 is 10.1 Å². The molecule has 1 aromatic heterocycles. The van der Waals surface area contributed by atoms with Crippen LogP contribution in [0.25, 0.3) is 0 Å². The Morgan fingerprint density at radius 2 is 2.32 bits per heavy atom. The molecule has 19 heavy (non-hydrogen) atoms. The van der Waals surface area contributed by atoms with Gasteiger partial charge in [0, 0.05) is 32.4 Å². The number of ether oxygens (including phenoxy) is 1. The summed E-state index contributed by atoms with van der Waals surface area (Å²) in [6.45, 7) is 3.44. The van der Waals surface area contributed by atoms with Gasteiger partial charge in [0.2, 0.25) is 5.88 Å². The molecule has 1 aliphatic heterocycles.